The number of aromatic nitrogens is 3. The van der Waals surface area contributed by atoms with Gasteiger partial charge in [-0.1, -0.05) is 35.0 Å². The molecule has 9 heteroatoms. The molecule has 2 aromatic carbocycles. The van der Waals surface area contributed by atoms with E-state index in [9.17, 15) is 14.0 Å². The fourth-order valence-electron chi connectivity index (χ4n) is 3.33. The van der Waals surface area contributed by atoms with E-state index < -0.39 is 11.7 Å². The van der Waals surface area contributed by atoms with Gasteiger partial charge in [0.1, 0.15) is 5.82 Å². The third kappa shape index (κ3) is 3.58. The topological polar surface area (TPSA) is 80.1 Å². The average Bonchev–Trinajstić information content (AvgIpc) is 3.32. The highest BCUT2D eigenvalue weighted by Gasteiger charge is 2.25. The van der Waals surface area contributed by atoms with E-state index >= 15 is 0 Å². The number of halogens is 2. The Hall–Kier alpha value is -3.26. The van der Waals surface area contributed by atoms with E-state index in [0.29, 0.717) is 17.9 Å². The standard InChI is InChI=1S/C20H17ClFN5O2/c1-12-19(24-25-27(12)14-6-7-16(22)15(21)10-14)20(29)23-11-18(28)26-9-8-13-4-2-3-5-17(13)26/h2-7,10H,8-9,11H2,1H3,(H,23,29). The van der Waals surface area contributed by atoms with E-state index in [4.69, 9.17) is 11.6 Å². The molecule has 0 fully saturated rings. The number of hydrogen-bond acceptors (Lipinski definition) is 4. The van der Waals surface area contributed by atoms with Crippen LogP contribution in [0.5, 0.6) is 0 Å². The fraction of sp³-hybridized carbons (Fsp3) is 0.200. The van der Waals surface area contributed by atoms with Crippen molar-refractivity contribution >= 4 is 29.1 Å². The van der Waals surface area contributed by atoms with E-state index in [1.165, 1.54) is 22.9 Å². The lowest BCUT2D eigenvalue weighted by Gasteiger charge is -2.17. The number of para-hydroxylation sites is 1. The molecule has 29 heavy (non-hydrogen) atoms. The van der Waals surface area contributed by atoms with Crippen LogP contribution in [0.1, 0.15) is 21.7 Å². The number of rotatable bonds is 4. The number of carbonyl (C=O) groups excluding carboxylic acids is 2. The molecule has 0 spiro atoms. The SMILES string of the molecule is Cc1c(C(=O)NCC(=O)N2CCc3ccccc32)nnn1-c1ccc(F)c(Cl)c1. The van der Waals surface area contributed by atoms with Gasteiger partial charge >= 0.3 is 0 Å². The first-order valence-electron chi connectivity index (χ1n) is 9.00. The Morgan fingerprint density at radius 3 is 2.83 bits per heavy atom. The van der Waals surface area contributed by atoms with Crippen molar-refractivity contribution in [2.45, 2.75) is 13.3 Å². The van der Waals surface area contributed by atoms with Gasteiger partial charge in [-0.15, -0.1) is 5.10 Å². The zero-order valence-electron chi connectivity index (χ0n) is 15.5. The number of nitrogens with one attached hydrogen (secondary N) is 1. The minimum Gasteiger partial charge on any atom is -0.341 e. The van der Waals surface area contributed by atoms with Crippen LogP contribution >= 0.6 is 11.6 Å². The molecule has 1 aliphatic heterocycles. The molecular formula is C20H17ClFN5O2. The smallest absolute Gasteiger partial charge is 0.274 e. The van der Waals surface area contributed by atoms with Crippen LogP contribution in [0.2, 0.25) is 5.02 Å². The maximum Gasteiger partial charge on any atom is 0.274 e. The first-order valence-corrected chi connectivity index (χ1v) is 9.37. The Labute approximate surface area is 171 Å². The van der Waals surface area contributed by atoms with Gasteiger partial charge in [0.15, 0.2) is 5.69 Å². The summed E-state index contributed by atoms with van der Waals surface area (Å²) < 4.78 is 14.8. The molecule has 1 aliphatic rings. The molecule has 0 radical (unpaired) electrons. The van der Waals surface area contributed by atoms with Crippen molar-refractivity contribution in [3.63, 3.8) is 0 Å². The highest BCUT2D eigenvalue weighted by atomic mass is 35.5. The summed E-state index contributed by atoms with van der Waals surface area (Å²) in [6.45, 7) is 2.10. The number of nitrogens with zero attached hydrogens (tertiary/aromatic N) is 4. The summed E-state index contributed by atoms with van der Waals surface area (Å²) in [7, 11) is 0. The molecule has 148 valence electrons. The summed E-state index contributed by atoms with van der Waals surface area (Å²) in [5.74, 6) is -1.25. The molecule has 0 saturated carbocycles. The van der Waals surface area contributed by atoms with Gasteiger partial charge in [-0.3, -0.25) is 9.59 Å². The third-order valence-electron chi connectivity index (χ3n) is 4.85. The van der Waals surface area contributed by atoms with Gasteiger partial charge in [-0.2, -0.15) is 0 Å². The zero-order chi connectivity index (χ0) is 20.5. The van der Waals surface area contributed by atoms with Crippen molar-refractivity contribution in [2.24, 2.45) is 0 Å². The summed E-state index contributed by atoms with van der Waals surface area (Å²) in [4.78, 5) is 26.7. The Bertz CT molecular complexity index is 1110. The Kier molecular flexibility index (Phi) is 5.02. The Morgan fingerprint density at radius 2 is 2.03 bits per heavy atom. The average molecular weight is 414 g/mol. The number of anilines is 1. The molecule has 0 aliphatic carbocycles. The van der Waals surface area contributed by atoms with Gasteiger partial charge in [-0.05, 0) is 43.2 Å². The zero-order valence-corrected chi connectivity index (χ0v) is 16.3. The van der Waals surface area contributed by atoms with E-state index in [1.54, 1.807) is 11.8 Å². The van der Waals surface area contributed by atoms with E-state index in [0.717, 1.165) is 17.7 Å². The summed E-state index contributed by atoms with van der Waals surface area (Å²) in [5.41, 5.74) is 3.00. The number of hydrogen-bond donors (Lipinski definition) is 1. The van der Waals surface area contributed by atoms with Crippen molar-refractivity contribution in [3.05, 3.63) is 70.3 Å². The van der Waals surface area contributed by atoms with Crippen LogP contribution in [0, 0.1) is 12.7 Å². The van der Waals surface area contributed by atoms with Crippen molar-refractivity contribution < 1.29 is 14.0 Å². The summed E-state index contributed by atoms with van der Waals surface area (Å²) in [6, 6.07) is 11.8. The molecule has 1 aromatic heterocycles. The maximum atomic E-state index is 13.4. The first-order chi connectivity index (χ1) is 14.0. The molecule has 0 bridgehead atoms. The van der Waals surface area contributed by atoms with Gasteiger partial charge < -0.3 is 10.2 Å². The van der Waals surface area contributed by atoms with Crippen molar-refractivity contribution in [3.8, 4) is 5.69 Å². The number of fused-ring (bicyclic) bond motifs is 1. The summed E-state index contributed by atoms with van der Waals surface area (Å²) >= 11 is 5.81. The van der Waals surface area contributed by atoms with Gasteiger partial charge in [0.05, 0.1) is 22.9 Å². The second-order valence-electron chi connectivity index (χ2n) is 6.64. The molecular weight excluding hydrogens is 397 g/mol. The monoisotopic (exact) mass is 413 g/mol. The Balaban J connectivity index is 1.45. The normalized spacial score (nSPS) is 12.7. The largest absolute Gasteiger partial charge is 0.341 e. The van der Waals surface area contributed by atoms with Gasteiger partial charge in [0.2, 0.25) is 5.91 Å². The van der Waals surface area contributed by atoms with Crippen LogP contribution in [0.4, 0.5) is 10.1 Å². The summed E-state index contributed by atoms with van der Waals surface area (Å²) in [5, 5.41) is 10.4. The lowest BCUT2D eigenvalue weighted by molar-refractivity contribution is -0.117. The van der Waals surface area contributed by atoms with Crippen LogP contribution in [0.3, 0.4) is 0 Å². The second kappa shape index (κ2) is 7.63. The highest BCUT2D eigenvalue weighted by Crippen LogP contribution is 2.27. The molecule has 0 saturated heterocycles. The van der Waals surface area contributed by atoms with Crippen molar-refractivity contribution in [1.29, 1.82) is 0 Å². The van der Waals surface area contributed by atoms with Crippen LogP contribution in [0.15, 0.2) is 42.5 Å². The van der Waals surface area contributed by atoms with Crippen molar-refractivity contribution in [1.82, 2.24) is 20.3 Å². The molecule has 2 heterocycles. The summed E-state index contributed by atoms with van der Waals surface area (Å²) in [6.07, 6.45) is 0.795. The van der Waals surface area contributed by atoms with Gasteiger partial charge in [0.25, 0.3) is 5.91 Å². The van der Waals surface area contributed by atoms with E-state index in [1.807, 2.05) is 24.3 Å². The Morgan fingerprint density at radius 1 is 1.24 bits per heavy atom. The lowest BCUT2D eigenvalue weighted by atomic mass is 10.2. The molecule has 0 atom stereocenters. The molecule has 2 amide bonds. The molecule has 1 N–H and O–H groups in total. The molecule has 7 nitrogen and oxygen atoms in total. The predicted octanol–water partition coefficient (Wildman–Crippen LogP) is 2.69. The number of carbonyl (C=O) groups is 2. The van der Waals surface area contributed by atoms with Gasteiger partial charge in [0, 0.05) is 12.2 Å². The molecule has 0 unspecified atom stereocenters. The third-order valence-corrected chi connectivity index (χ3v) is 5.14. The van der Waals surface area contributed by atoms with E-state index in [2.05, 4.69) is 15.6 Å². The minimum absolute atomic E-state index is 0.0557. The fourth-order valence-corrected chi connectivity index (χ4v) is 3.51. The minimum atomic E-state index is -0.548. The molecule has 3 aromatic rings. The van der Waals surface area contributed by atoms with Crippen LogP contribution in [0.25, 0.3) is 5.69 Å². The highest BCUT2D eigenvalue weighted by molar-refractivity contribution is 6.30. The van der Waals surface area contributed by atoms with Gasteiger partial charge in [-0.25, -0.2) is 9.07 Å². The van der Waals surface area contributed by atoms with Crippen molar-refractivity contribution in [2.75, 3.05) is 18.0 Å². The van der Waals surface area contributed by atoms with Crippen LogP contribution in [-0.4, -0.2) is 39.9 Å². The quantitative estimate of drug-likeness (QED) is 0.713. The van der Waals surface area contributed by atoms with Crippen LogP contribution < -0.4 is 10.2 Å². The number of amides is 2. The molecule has 4 rings (SSSR count). The predicted molar refractivity (Wildman–Crippen MR) is 106 cm³/mol. The lowest BCUT2D eigenvalue weighted by Crippen LogP contribution is -2.39. The first kappa shape index (κ1) is 19.1. The maximum absolute atomic E-state index is 13.4. The number of benzene rings is 2. The van der Waals surface area contributed by atoms with E-state index in [-0.39, 0.29) is 23.2 Å². The van der Waals surface area contributed by atoms with Crippen LogP contribution in [-0.2, 0) is 11.2 Å². The second-order valence-corrected chi connectivity index (χ2v) is 7.05.